The number of halogens is 5. The second kappa shape index (κ2) is 5.95. The molecule has 0 saturated carbocycles. The minimum absolute atomic E-state index is 0.160. The summed E-state index contributed by atoms with van der Waals surface area (Å²) in [5.41, 5.74) is 6.07. The molecule has 0 aliphatic heterocycles. The van der Waals surface area contributed by atoms with E-state index in [4.69, 9.17) is 5.73 Å². The first-order chi connectivity index (χ1) is 8.91. The number of hydrogen-bond acceptors (Lipinski definition) is 2. The molecular formula is C12H7Br3F2N2. The van der Waals surface area contributed by atoms with Crippen molar-refractivity contribution in [2.75, 3.05) is 0 Å². The number of aromatic nitrogens is 1. The van der Waals surface area contributed by atoms with Gasteiger partial charge in [0, 0.05) is 20.7 Å². The van der Waals surface area contributed by atoms with Crippen molar-refractivity contribution in [1.29, 1.82) is 0 Å². The molecule has 100 valence electrons. The van der Waals surface area contributed by atoms with Crippen LogP contribution in [-0.2, 0) is 0 Å². The lowest BCUT2D eigenvalue weighted by molar-refractivity contribution is 0.536. The van der Waals surface area contributed by atoms with Gasteiger partial charge in [-0.15, -0.1) is 0 Å². The Bertz CT molecular complexity index is 635. The molecule has 0 aliphatic carbocycles. The molecule has 1 atom stereocenters. The van der Waals surface area contributed by atoms with Gasteiger partial charge in [-0.3, -0.25) is 4.98 Å². The lowest BCUT2D eigenvalue weighted by Gasteiger charge is -2.15. The first-order valence-electron chi connectivity index (χ1n) is 5.11. The van der Waals surface area contributed by atoms with E-state index in [0.717, 1.165) is 10.5 Å². The zero-order valence-corrected chi connectivity index (χ0v) is 14.1. The Morgan fingerprint density at radius 2 is 1.79 bits per heavy atom. The van der Waals surface area contributed by atoms with Crippen LogP contribution in [0.25, 0.3) is 0 Å². The van der Waals surface area contributed by atoms with Gasteiger partial charge in [0.15, 0.2) is 0 Å². The normalized spacial score (nSPS) is 12.5. The summed E-state index contributed by atoms with van der Waals surface area (Å²) in [5, 5.41) is 0. The number of hydrogen-bond donors (Lipinski definition) is 1. The molecule has 2 N–H and O–H groups in total. The smallest absolute Gasteiger partial charge is 0.145 e. The maximum Gasteiger partial charge on any atom is 0.145 e. The van der Waals surface area contributed by atoms with E-state index in [1.807, 2.05) is 0 Å². The minimum atomic E-state index is -1.00. The van der Waals surface area contributed by atoms with Crippen molar-refractivity contribution in [3.8, 4) is 0 Å². The number of pyridine rings is 1. The molecule has 2 rings (SSSR count). The average molecular weight is 457 g/mol. The maximum absolute atomic E-state index is 14.0. The molecule has 0 fully saturated rings. The van der Waals surface area contributed by atoms with Crippen molar-refractivity contribution in [3.05, 3.63) is 60.7 Å². The van der Waals surface area contributed by atoms with Gasteiger partial charge in [0.2, 0.25) is 0 Å². The van der Waals surface area contributed by atoms with Crippen LogP contribution in [0.1, 0.15) is 17.3 Å². The van der Waals surface area contributed by atoms with Gasteiger partial charge in [0.05, 0.1) is 16.2 Å². The maximum atomic E-state index is 14.0. The van der Waals surface area contributed by atoms with E-state index >= 15 is 0 Å². The highest BCUT2D eigenvalue weighted by atomic mass is 79.9. The van der Waals surface area contributed by atoms with Crippen molar-refractivity contribution in [3.63, 3.8) is 0 Å². The summed E-state index contributed by atoms with van der Waals surface area (Å²) in [7, 11) is 0. The van der Waals surface area contributed by atoms with E-state index < -0.39 is 17.7 Å². The predicted octanol–water partition coefficient (Wildman–Crippen LogP) is 4.70. The Hall–Kier alpha value is -0.370. The summed E-state index contributed by atoms with van der Waals surface area (Å²) in [6.07, 6.45) is 1.52. The number of nitrogens with zero attached hydrogens (tertiary/aromatic N) is 1. The van der Waals surface area contributed by atoms with E-state index in [2.05, 4.69) is 52.8 Å². The van der Waals surface area contributed by atoms with Crippen LogP contribution in [0, 0.1) is 11.6 Å². The van der Waals surface area contributed by atoms with Crippen molar-refractivity contribution in [2.45, 2.75) is 6.04 Å². The van der Waals surface area contributed by atoms with Crippen LogP contribution in [0.2, 0.25) is 0 Å². The monoisotopic (exact) mass is 454 g/mol. The fraction of sp³-hybridized carbons (Fsp3) is 0.0833. The van der Waals surface area contributed by atoms with Gasteiger partial charge in [-0.1, -0.05) is 0 Å². The third-order valence-corrected chi connectivity index (χ3v) is 4.20. The number of benzene rings is 1. The van der Waals surface area contributed by atoms with E-state index in [1.54, 1.807) is 6.07 Å². The van der Waals surface area contributed by atoms with Crippen LogP contribution in [0.15, 0.2) is 37.8 Å². The molecular weight excluding hydrogens is 450 g/mol. The van der Waals surface area contributed by atoms with Gasteiger partial charge in [-0.25, -0.2) is 8.78 Å². The highest BCUT2D eigenvalue weighted by molar-refractivity contribution is 9.11. The molecule has 0 bridgehead atoms. The fourth-order valence-electron chi connectivity index (χ4n) is 1.62. The zero-order valence-electron chi connectivity index (χ0n) is 9.30. The minimum Gasteiger partial charge on any atom is -0.319 e. The van der Waals surface area contributed by atoms with Gasteiger partial charge in [-0.2, -0.15) is 0 Å². The highest BCUT2D eigenvalue weighted by Crippen LogP contribution is 2.32. The SMILES string of the molecule is NC(c1ncc(Br)cc1Br)c1c(F)ccc(Br)c1F. The van der Waals surface area contributed by atoms with Crippen LogP contribution < -0.4 is 5.73 Å². The first-order valence-corrected chi connectivity index (χ1v) is 7.49. The van der Waals surface area contributed by atoms with Crippen LogP contribution in [-0.4, -0.2) is 4.98 Å². The van der Waals surface area contributed by atoms with Gasteiger partial charge < -0.3 is 5.73 Å². The van der Waals surface area contributed by atoms with Gasteiger partial charge in [0.25, 0.3) is 0 Å². The molecule has 2 aromatic rings. The molecule has 1 aromatic carbocycles. The first kappa shape index (κ1) is 15.0. The summed E-state index contributed by atoms with van der Waals surface area (Å²) in [6, 6.07) is 3.18. The Balaban J connectivity index is 2.56. The summed E-state index contributed by atoms with van der Waals surface area (Å²) in [4.78, 5) is 4.10. The van der Waals surface area contributed by atoms with Crippen molar-refractivity contribution in [2.24, 2.45) is 5.73 Å². The Kier molecular flexibility index (Phi) is 4.70. The fourth-order valence-corrected chi connectivity index (χ4v) is 3.20. The van der Waals surface area contributed by atoms with E-state index in [1.165, 1.54) is 12.3 Å². The van der Waals surface area contributed by atoms with Crippen molar-refractivity contribution in [1.82, 2.24) is 4.98 Å². The molecule has 7 heteroatoms. The molecule has 1 heterocycles. The topological polar surface area (TPSA) is 38.9 Å². The summed E-state index contributed by atoms with van der Waals surface area (Å²) in [6.45, 7) is 0. The Morgan fingerprint density at radius 3 is 2.42 bits per heavy atom. The second-order valence-electron chi connectivity index (χ2n) is 3.76. The largest absolute Gasteiger partial charge is 0.319 e. The molecule has 0 amide bonds. The third kappa shape index (κ3) is 3.04. The lowest BCUT2D eigenvalue weighted by Crippen LogP contribution is -2.18. The lowest BCUT2D eigenvalue weighted by atomic mass is 10.0. The van der Waals surface area contributed by atoms with Crippen LogP contribution in [0.3, 0.4) is 0 Å². The predicted molar refractivity (Wildman–Crippen MR) is 79.7 cm³/mol. The number of nitrogens with two attached hydrogens (primary N) is 1. The summed E-state index contributed by atoms with van der Waals surface area (Å²) >= 11 is 9.55. The highest BCUT2D eigenvalue weighted by Gasteiger charge is 2.23. The second-order valence-corrected chi connectivity index (χ2v) is 6.38. The molecule has 1 unspecified atom stereocenters. The van der Waals surface area contributed by atoms with E-state index in [9.17, 15) is 8.78 Å². The summed E-state index contributed by atoms with van der Waals surface area (Å²) < 4.78 is 29.3. The zero-order chi connectivity index (χ0) is 14.2. The van der Waals surface area contributed by atoms with Crippen LogP contribution in [0.5, 0.6) is 0 Å². The van der Waals surface area contributed by atoms with Crippen LogP contribution in [0.4, 0.5) is 8.78 Å². The van der Waals surface area contributed by atoms with Gasteiger partial charge in [-0.05, 0) is 66.0 Å². The standard InChI is InChI=1S/C12H7Br3F2N2/c13-5-3-7(15)12(19-4-5)11(18)9-8(16)2-1-6(14)10(9)17/h1-4,11H,18H2. The van der Waals surface area contributed by atoms with E-state index in [0.29, 0.717) is 10.2 Å². The van der Waals surface area contributed by atoms with Crippen molar-refractivity contribution < 1.29 is 8.78 Å². The van der Waals surface area contributed by atoms with Gasteiger partial charge in [0.1, 0.15) is 11.6 Å². The Morgan fingerprint density at radius 1 is 1.11 bits per heavy atom. The molecule has 0 spiro atoms. The molecule has 1 aromatic heterocycles. The van der Waals surface area contributed by atoms with Crippen molar-refractivity contribution >= 4 is 47.8 Å². The number of rotatable bonds is 2. The Labute approximate surface area is 133 Å². The average Bonchev–Trinajstić information content (AvgIpc) is 2.34. The molecule has 0 radical (unpaired) electrons. The molecule has 19 heavy (non-hydrogen) atoms. The van der Waals surface area contributed by atoms with Gasteiger partial charge >= 0.3 is 0 Å². The molecule has 2 nitrogen and oxygen atoms in total. The summed E-state index contributed by atoms with van der Waals surface area (Å²) in [5.74, 6) is -1.42. The quantitative estimate of drug-likeness (QED) is 0.665. The third-order valence-electron chi connectivity index (χ3n) is 2.52. The van der Waals surface area contributed by atoms with Crippen LogP contribution >= 0.6 is 47.8 Å². The van der Waals surface area contributed by atoms with E-state index in [-0.39, 0.29) is 10.0 Å². The molecule has 0 aliphatic rings. The molecule has 0 saturated heterocycles.